The molecule has 1 aromatic rings. The number of benzene rings is 1. The number of rotatable bonds is 6. The fourth-order valence-corrected chi connectivity index (χ4v) is 1.30. The highest BCUT2D eigenvalue weighted by molar-refractivity contribution is 5.77. The lowest BCUT2D eigenvalue weighted by atomic mass is 10.2. The Bertz CT molecular complexity index is 372. The first-order valence-electron chi connectivity index (χ1n) is 6.14. The van der Waals surface area contributed by atoms with Crippen LogP contribution in [0.15, 0.2) is 24.3 Å². The first kappa shape index (κ1) is 14.5. The van der Waals surface area contributed by atoms with Crippen LogP contribution in [-0.4, -0.2) is 37.6 Å². The number of carbonyl (C=O) groups excluding carboxylic acids is 1. The summed E-state index contributed by atoms with van der Waals surface area (Å²) >= 11 is 0. The van der Waals surface area contributed by atoms with Crippen molar-refractivity contribution in [1.82, 2.24) is 10.2 Å². The molecule has 1 aromatic carbocycles. The van der Waals surface area contributed by atoms with E-state index in [0.717, 1.165) is 12.3 Å². The van der Waals surface area contributed by atoms with E-state index in [1.165, 1.54) is 10.5 Å². The van der Waals surface area contributed by atoms with Gasteiger partial charge in [-0.1, -0.05) is 26.0 Å². The zero-order chi connectivity index (χ0) is 13.5. The van der Waals surface area contributed by atoms with Crippen LogP contribution in [-0.2, 0) is 11.3 Å². The highest BCUT2D eigenvalue weighted by Gasteiger charge is 2.04. The lowest BCUT2D eigenvalue weighted by molar-refractivity contribution is -0.130. The summed E-state index contributed by atoms with van der Waals surface area (Å²) in [5.74, 6) is 0.680. The lowest BCUT2D eigenvalue weighted by Crippen LogP contribution is -2.27. The third kappa shape index (κ3) is 5.19. The number of likely N-dealkylation sites (N-methyl/N-ethyl adjacent to an activating group) is 1. The minimum atomic E-state index is -0.0412. The first-order chi connectivity index (χ1) is 8.49. The van der Waals surface area contributed by atoms with Crippen molar-refractivity contribution in [2.45, 2.75) is 26.4 Å². The third-order valence-corrected chi connectivity index (χ3v) is 2.50. The van der Waals surface area contributed by atoms with E-state index in [-0.39, 0.29) is 12.5 Å². The quantitative estimate of drug-likeness (QED) is 0.834. The van der Waals surface area contributed by atoms with Crippen molar-refractivity contribution in [3.8, 4) is 5.75 Å². The maximum absolute atomic E-state index is 11.4. The SMILES string of the molecule is CC(C)NCc1ccc(OCC(=O)N(C)C)cc1. The molecule has 0 saturated carbocycles. The summed E-state index contributed by atoms with van der Waals surface area (Å²) in [6.07, 6.45) is 0. The van der Waals surface area contributed by atoms with Gasteiger partial charge in [0.25, 0.3) is 5.91 Å². The van der Waals surface area contributed by atoms with Gasteiger partial charge in [-0.2, -0.15) is 0 Å². The van der Waals surface area contributed by atoms with Crippen LogP contribution >= 0.6 is 0 Å². The Balaban J connectivity index is 2.43. The third-order valence-electron chi connectivity index (χ3n) is 2.50. The molecule has 0 fully saturated rings. The smallest absolute Gasteiger partial charge is 0.259 e. The molecule has 18 heavy (non-hydrogen) atoms. The number of hydrogen-bond acceptors (Lipinski definition) is 3. The average Bonchev–Trinajstić information content (AvgIpc) is 2.34. The van der Waals surface area contributed by atoms with Crippen LogP contribution < -0.4 is 10.1 Å². The molecule has 1 N–H and O–H groups in total. The number of carbonyl (C=O) groups is 1. The highest BCUT2D eigenvalue weighted by atomic mass is 16.5. The van der Waals surface area contributed by atoms with E-state index in [4.69, 9.17) is 4.74 Å². The Hall–Kier alpha value is -1.55. The highest BCUT2D eigenvalue weighted by Crippen LogP contribution is 2.12. The second kappa shape index (κ2) is 7.01. The van der Waals surface area contributed by atoms with E-state index in [0.29, 0.717) is 6.04 Å². The van der Waals surface area contributed by atoms with Crippen molar-refractivity contribution in [3.63, 3.8) is 0 Å². The Kier molecular flexibility index (Phi) is 5.65. The minimum Gasteiger partial charge on any atom is -0.484 e. The van der Waals surface area contributed by atoms with Gasteiger partial charge in [0.2, 0.25) is 0 Å². The van der Waals surface area contributed by atoms with E-state index < -0.39 is 0 Å². The summed E-state index contributed by atoms with van der Waals surface area (Å²) in [5, 5.41) is 3.34. The Morgan fingerprint density at radius 3 is 2.39 bits per heavy atom. The molecule has 0 radical (unpaired) electrons. The predicted octanol–water partition coefficient (Wildman–Crippen LogP) is 1.65. The second-order valence-electron chi connectivity index (χ2n) is 4.76. The normalized spacial score (nSPS) is 10.5. The molecule has 0 aromatic heterocycles. The summed E-state index contributed by atoms with van der Waals surface area (Å²) in [6.45, 7) is 5.15. The van der Waals surface area contributed by atoms with Crippen molar-refractivity contribution in [2.24, 2.45) is 0 Å². The van der Waals surface area contributed by atoms with Gasteiger partial charge in [-0.25, -0.2) is 0 Å². The van der Waals surface area contributed by atoms with Crippen molar-refractivity contribution < 1.29 is 9.53 Å². The van der Waals surface area contributed by atoms with Crippen molar-refractivity contribution in [2.75, 3.05) is 20.7 Å². The molecule has 0 unspecified atom stereocenters. The minimum absolute atomic E-state index is 0.0412. The zero-order valence-corrected chi connectivity index (χ0v) is 11.6. The summed E-state index contributed by atoms with van der Waals surface area (Å²) in [4.78, 5) is 12.9. The van der Waals surface area contributed by atoms with Gasteiger partial charge in [0.1, 0.15) is 5.75 Å². The molecular formula is C14H22N2O2. The Labute approximate surface area is 109 Å². The Morgan fingerprint density at radius 1 is 1.28 bits per heavy atom. The van der Waals surface area contributed by atoms with Crippen LogP contribution in [0.5, 0.6) is 5.75 Å². The fraction of sp³-hybridized carbons (Fsp3) is 0.500. The number of nitrogens with one attached hydrogen (secondary N) is 1. The molecule has 0 heterocycles. The van der Waals surface area contributed by atoms with Crippen molar-refractivity contribution in [3.05, 3.63) is 29.8 Å². The molecule has 4 nitrogen and oxygen atoms in total. The molecule has 0 aliphatic heterocycles. The van der Waals surface area contributed by atoms with Crippen LogP contribution in [0.4, 0.5) is 0 Å². The number of hydrogen-bond donors (Lipinski definition) is 1. The summed E-state index contributed by atoms with van der Waals surface area (Å²) in [5.41, 5.74) is 1.20. The Morgan fingerprint density at radius 2 is 1.89 bits per heavy atom. The van der Waals surface area contributed by atoms with Gasteiger partial charge in [-0.3, -0.25) is 4.79 Å². The van der Waals surface area contributed by atoms with E-state index in [1.807, 2.05) is 24.3 Å². The molecule has 1 amide bonds. The molecule has 0 spiro atoms. The van der Waals surface area contributed by atoms with Crippen LogP contribution in [0, 0.1) is 0 Å². The molecule has 0 atom stereocenters. The largest absolute Gasteiger partial charge is 0.484 e. The lowest BCUT2D eigenvalue weighted by Gasteiger charge is -2.12. The van der Waals surface area contributed by atoms with Gasteiger partial charge >= 0.3 is 0 Å². The van der Waals surface area contributed by atoms with E-state index in [9.17, 15) is 4.79 Å². The maximum atomic E-state index is 11.4. The van der Waals surface area contributed by atoms with E-state index in [2.05, 4.69) is 19.2 Å². The van der Waals surface area contributed by atoms with Gasteiger partial charge in [0.05, 0.1) is 0 Å². The molecular weight excluding hydrogens is 228 g/mol. The molecule has 4 heteroatoms. The van der Waals surface area contributed by atoms with Crippen LogP contribution in [0.25, 0.3) is 0 Å². The van der Waals surface area contributed by atoms with Crippen molar-refractivity contribution in [1.29, 1.82) is 0 Å². The van der Waals surface area contributed by atoms with Gasteiger partial charge in [0, 0.05) is 26.7 Å². The molecule has 0 bridgehead atoms. The zero-order valence-electron chi connectivity index (χ0n) is 11.6. The van der Waals surface area contributed by atoms with E-state index in [1.54, 1.807) is 14.1 Å². The van der Waals surface area contributed by atoms with Gasteiger partial charge in [0.15, 0.2) is 6.61 Å². The molecule has 0 aliphatic carbocycles. The number of nitrogens with zero attached hydrogens (tertiary/aromatic N) is 1. The van der Waals surface area contributed by atoms with Crippen LogP contribution in [0.1, 0.15) is 19.4 Å². The number of ether oxygens (including phenoxy) is 1. The molecule has 0 saturated heterocycles. The van der Waals surface area contributed by atoms with Gasteiger partial charge in [-0.05, 0) is 17.7 Å². The van der Waals surface area contributed by atoms with Gasteiger partial charge in [-0.15, -0.1) is 0 Å². The van der Waals surface area contributed by atoms with Crippen molar-refractivity contribution >= 4 is 5.91 Å². The van der Waals surface area contributed by atoms with Crippen LogP contribution in [0.2, 0.25) is 0 Å². The monoisotopic (exact) mass is 250 g/mol. The fourth-order valence-electron chi connectivity index (χ4n) is 1.30. The van der Waals surface area contributed by atoms with Crippen LogP contribution in [0.3, 0.4) is 0 Å². The first-order valence-corrected chi connectivity index (χ1v) is 6.14. The maximum Gasteiger partial charge on any atom is 0.259 e. The molecule has 1 rings (SSSR count). The topological polar surface area (TPSA) is 41.6 Å². The standard InChI is InChI=1S/C14H22N2O2/c1-11(2)15-9-12-5-7-13(8-6-12)18-10-14(17)16(3)4/h5-8,11,15H,9-10H2,1-4H3. The summed E-state index contributed by atoms with van der Waals surface area (Å²) < 4.78 is 5.40. The summed E-state index contributed by atoms with van der Waals surface area (Å²) in [7, 11) is 3.43. The average molecular weight is 250 g/mol. The van der Waals surface area contributed by atoms with E-state index >= 15 is 0 Å². The second-order valence-corrected chi connectivity index (χ2v) is 4.76. The molecule has 0 aliphatic rings. The van der Waals surface area contributed by atoms with Gasteiger partial charge < -0.3 is 15.0 Å². The number of amides is 1. The molecule has 100 valence electrons. The predicted molar refractivity (Wildman–Crippen MR) is 72.6 cm³/mol. The summed E-state index contributed by atoms with van der Waals surface area (Å²) in [6, 6.07) is 8.26.